The maximum absolute atomic E-state index is 6.18. The predicted molar refractivity (Wildman–Crippen MR) is 68.8 cm³/mol. The van der Waals surface area contributed by atoms with Crippen LogP contribution in [0.3, 0.4) is 0 Å². The van der Waals surface area contributed by atoms with Crippen LogP contribution in [0.1, 0.15) is 18.4 Å². The van der Waals surface area contributed by atoms with E-state index in [2.05, 4.69) is 11.9 Å². The van der Waals surface area contributed by atoms with Crippen molar-refractivity contribution in [1.29, 1.82) is 0 Å². The number of hydrogen-bond acceptors (Lipinski definition) is 2. The second-order valence-electron chi connectivity index (χ2n) is 3.87. The van der Waals surface area contributed by atoms with Gasteiger partial charge in [-0.05, 0) is 31.0 Å². The van der Waals surface area contributed by atoms with Crippen LogP contribution >= 0.6 is 23.8 Å². The summed E-state index contributed by atoms with van der Waals surface area (Å²) in [5.41, 5.74) is 7.42. The van der Waals surface area contributed by atoms with Crippen LogP contribution in [-0.2, 0) is 0 Å². The third-order valence-corrected chi connectivity index (χ3v) is 3.25. The lowest BCUT2D eigenvalue weighted by molar-refractivity contribution is 0.917. The van der Waals surface area contributed by atoms with Crippen LogP contribution in [0.2, 0.25) is 5.02 Å². The number of benzene rings is 1. The van der Waals surface area contributed by atoms with Gasteiger partial charge in [0.1, 0.15) is 4.99 Å². The molecule has 80 valence electrons. The summed E-state index contributed by atoms with van der Waals surface area (Å²) in [7, 11) is 2.07. The molecule has 0 radical (unpaired) electrons. The maximum Gasteiger partial charge on any atom is 0.104 e. The molecule has 1 aromatic rings. The molecule has 0 atom stereocenters. The summed E-state index contributed by atoms with van der Waals surface area (Å²) in [6, 6.07) is 6.38. The van der Waals surface area contributed by atoms with Gasteiger partial charge in [0.25, 0.3) is 0 Å². The second-order valence-corrected chi connectivity index (χ2v) is 4.72. The minimum atomic E-state index is 0.387. The molecule has 0 unspecified atom stereocenters. The van der Waals surface area contributed by atoms with Gasteiger partial charge in [-0.2, -0.15) is 0 Å². The van der Waals surface area contributed by atoms with Crippen LogP contribution in [0.15, 0.2) is 18.2 Å². The fourth-order valence-electron chi connectivity index (χ4n) is 1.60. The van der Waals surface area contributed by atoms with E-state index in [-0.39, 0.29) is 0 Å². The van der Waals surface area contributed by atoms with Crippen LogP contribution in [-0.4, -0.2) is 18.1 Å². The van der Waals surface area contributed by atoms with E-state index in [1.807, 2.05) is 18.2 Å². The third kappa shape index (κ3) is 2.24. The highest BCUT2D eigenvalue weighted by Gasteiger charge is 2.27. The Kier molecular flexibility index (Phi) is 2.85. The van der Waals surface area contributed by atoms with Crippen LogP contribution < -0.4 is 10.6 Å². The van der Waals surface area contributed by atoms with Gasteiger partial charge in [0.05, 0.1) is 10.7 Å². The van der Waals surface area contributed by atoms with Gasteiger partial charge in [-0.1, -0.05) is 23.8 Å². The van der Waals surface area contributed by atoms with E-state index in [1.165, 1.54) is 12.8 Å². The average molecular weight is 241 g/mol. The molecular formula is C11H13ClN2S. The largest absolute Gasteiger partial charge is 0.389 e. The van der Waals surface area contributed by atoms with Crippen molar-refractivity contribution in [2.24, 2.45) is 5.73 Å². The van der Waals surface area contributed by atoms with Gasteiger partial charge in [-0.15, -0.1) is 0 Å². The average Bonchev–Trinajstić information content (AvgIpc) is 2.99. The fraction of sp³-hybridized carbons (Fsp3) is 0.364. The molecule has 0 aromatic heterocycles. The van der Waals surface area contributed by atoms with Gasteiger partial charge in [-0.25, -0.2) is 0 Å². The molecule has 1 aromatic carbocycles. The van der Waals surface area contributed by atoms with Crippen LogP contribution in [0.25, 0.3) is 0 Å². The van der Waals surface area contributed by atoms with Crippen molar-refractivity contribution < 1.29 is 0 Å². The molecule has 1 aliphatic carbocycles. The van der Waals surface area contributed by atoms with Crippen molar-refractivity contribution in [3.05, 3.63) is 28.8 Å². The van der Waals surface area contributed by atoms with Crippen molar-refractivity contribution in [3.8, 4) is 0 Å². The first kappa shape index (κ1) is 10.7. The first-order chi connectivity index (χ1) is 7.09. The van der Waals surface area contributed by atoms with E-state index in [4.69, 9.17) is 29.6 Å². The molecule has 0 spiro atoms. The van der Waals surface area contributed by atoms with E-state index in [9.17, 15) is 0 Å². The zero-order chi connectivity index (χ0) is 11.0. The van der Waals surface area contributed by atoms with Gasteiger partial charge in [0, 0.05) is 18.7 Å². The molecule has 0 aliphatic heterocycles. The Hall–Kier alpha value is -0.800. The Bertz CT molecular complexity index is 402. The van der Waals surface area contributed by atoms with Gasteiger partial charge < -0.3 is 10.6 Å². The molecule has 0 amide bonds. The predicted octanol–water partition coefficient (Wildman–Crippen LogP) is 2.57. The van der Waals surface area contributed by atoms with Gasteiger partial charge in [-0.3, -0.25) is 0 Å². The summed E-state index contributed by atoms with van der Waals surface area (Å²) >= 11 is 11.1. The van der Waals surface area contributed by atoms with Crippen molar-refractivity contribution in [3.63, 3.8) is 0 Å². The summed E-state index contributed by atoms with van der Waals surface area (Å²) in [5, 5.41) is 0.717. The molecule has 0 bridgehead atoms. The van der Waals surface area contributed by atoms with Crippen molar-refractivity contribution in [1.82, 2.24) is 0 Å². The normalized spacial score (nSPS) is 15.1. The topological polar surface area (TPSA) is 29.3 Å². The van der Waals surface area contributed by atoms with Crippen molar-refractivity contribution in [2.75, 3.05) is 11.9 Å². The SMILES string of the molecule is CN(c1ccc(C(N)=S)cc1Cl)C1CC1. The molecule has 2 N–H and O–H groups in total. The lowest BCUT2D eigenvalue weighted by Crippen LogP contribution is -2.20. The van der Waals surface area contributed by atoms with E-state index >= 15 is 0 Å². The molecular weight excluding hydrogens is 228 g/mol. The number of anilines is 1. The Balaban J connectivity index is 2.29. The molecule has 1 saturated carbocycles. The first-order valence-electron chi connectivity index (χ1n) is 4.92. The van der Waals surface area contributed by atoms with Crippen molar-refractivity contribution in [2.45, 2.75) is 18.9 Å². The standard InChI is InChI=1S/C11H13ClN2S/c1-14(8-3-4-8)10-5-2-7(11(13)15)6-9(10)12/h2,5-6,8H,3-4H2,1H3,(H2,13,15). The summed E-state index contributed by atoms with van der Waals surface area (Å²) in [5.74, 6) is 0. The molecule has 0 saturated heterocycles. The molecule has 0 heterocycles. The molecule has 4 heteroatoms. The Morgan fingerprint density at radius 1 is 1.53 bits per heavy atom. The third-order valence-electron chi connectivity index (χ3n) is 2.71. The van der Waals surface area contributed by atoms with Crippen LogP contribution in [0, 0.1) is 0 Å². The lowest BCUT2D eigenvalue weighted by atomic mass is 10.2. The summed E-state index contributed by atoms with van der Waals surface area (Å²) in [6.07, 6.45) is 2.51. The zero-order valence-electron chi connectivity index (χ0n) is 8.53. The summed E-state index contributed by atoms with van der Waals surface area (Å²) < 4.78 is 0. The molecule has 1 fully saturated rings. The number of rotatable bonds is 3. The summed E-state index contributed by atoms with van der Waals surface area (Å²) in [4.78, 5) is 2.60. The molecule has 2 nitrogen and oxygen atoms in total. The summed E-state index contributed by atoms with van der Waals surface area (Å²) in [6.45, 7) is 0. The number of hydrogen-bond donors (Lipinski definition) is 1. The van der Waals surface area contributed by atoms with E-state index in [0.29, 0.717) is 11.0 Å². The zero-order valence-corrected chi connectivity index (χ0v) is 10.1. The van der Waals surface area contributed by atoms with E-state index in [1.54, 1.807) is 0 Å². The number of nitrogens with zero attached hydrogens (tertiary/aromatic N) is 1. The Morgan fingerprint density at radius 2 is 2.20 bits per heavy atom. The number of nitrogens with two attached hydrogens (primary N) is 1. The monoisotopic (exact) mass is 240 g/mol. The van der Waals surface area contributed by atoms with Crippen molar-refractivity contribution >= 4 is 34.5 Å². The van der Waals surface area contributed by atoms with Gasteiger partial charge in [0.15, 0.2) is 0 Å². The Labute approximate surface area is 100 Å². The van der Waals surface area contributed by atoms with E-state index < -0.39 is 0 Å². The molecule has 15 heavy (non-hydrogen) atoms. The highest BCUT2D eigenvalue weighted by Crippen LogP contribution is 2.34. The smallest absolute Gasteiger partial charge is 0.104 e. The first-order valence-corrected chi connectivity index (χ1v) is 5.70. The Morgan fingerprint density at radius 3 is 2.67 bits per heavy atom. The van der Waals surface area contributed by atoms with Crippen LogP contribution in [0.5, 0.6) is 0 Å². The fourth-order valence-corrected chi connectivity index (χ4v) is 2.05. The molecule has 1 aliphatic rings. The highest BCUT2D eigenvalue weighted by atomic mass is 35.5. The highest BCUT2D eigenvalue weighted by molar-refractivity contribution is 7.80. The number of halogens is 1. The minimum absolute atomic E-state index is 0.387. The van der Waals surface area contributed by atoms with Gasteiger partial charge >= 0.3 is 0 Å². The lowest BCUT2D eigenvalue weighted by Gasteiger charge is -2.20. The van der Waals surface area contributed by atoms with Crippen LogP contribution in [0.4, 0.5) is 5.69 Å². The minimum Gasteiger partial charge on any atom is -0.389 e. The number of thiocarbonyl (C=S) groups is 1. The molecule has 2 rings (SSSR count). The van der Waals surface area contributed by atoms with Gasteiger partial charge in [0.2, 0.25) is 0 Å². The van der Waals surface area contributed by atoms with E-state index in [0.717, 1.165) is 16.3 Å². The maximum atomic E-state index is 6.18. The second kappa shape index (κ2) is 3.99. The quantitative estimate of drug-likeness (QED) is 0.824.